The van der Waals surface area contributed by atoms with Crippen LogP contribution >= 0.6 is 11.6 Å². The van der Waals surface area contributed by atoms with Gasteiger partial charge in [-0.2, -0.15) is 0 Å². The number of benzene rings is 1. The van der Waals surface area contributed by atoms with E-state index in [1.54, 1.807) is 36.2 Å². The number of carbonyl (C=O) groups is 2. The number of aliphatic imine (C=N–C) groups is 1. The fourth-order valence-corrected chi connectivity index (χ4v) is 4.07. The molecule has 2 unspecified atom stereocenters. The van der Waals surface area contributed by atoms with E-state index in [0.29, 0.717) is 22.6 Å². The molecule has 3 amide bonds. The van der Waals surface area contributed by atoms with E-state index in [4.69, 9.17) is 16.3 Å². The van der Waals surface area contributed by atoms with Gasteiger partial charge in [-0.15, -0.1) is 0 Å². The lowest BCUT2D eigenvalue weighted by Gasteiger charge is -2.33. The van der Waals surface area contributed by atoms with Crippen LogP contribution in [0.15, 0.2) is 29.3 Å². The quantitative estimate of drug-likeness (QED) is 0.694. The average molecular weight is 435 g/mol. The van der Waals surface area contributed by atoms with Crippen molar-refractivity contribution in [1.29, 1.82) is 0 Å². The minimum atomic E-state index is -0.867. The Morgan fingerprint density at radius 2 is 1.87 bits per heavy atom. The number of imide groups is 1. The average Bonchev–Trinajstić information content (AvgIpc) is 3.38. The minimum absolute atomic E-state index is 0.0479. The lowest BCUT2D eigenvalue weighted by atomic mass is 10.1. The summed E-state index contributed by atoms with van der Waals surface area (Å²) in [5.74, 6) is 1.27. The van der Waals surface area contributed by atoms with Crippen molar-refractivity contribution in [2.24, 2.45) is 4.99 Å². The third kappa shape index (κ3) is 3.75. The number of hydrogen-bond acceptors (Lipinski definition) is 4. The summed E-state index contributed by atoms with van der Waals surface area (Å²) in [6.45, 7) is 1.85. The SMILES string of the molecule is CN1C(=O)C2C(=NC(=[N+]3CCCC3)N2CC(O)COc2ccc(Cl)cc2)N(C)C1=O. The van der Waals surface area contributed by atoms with Gasteiger partial charge in [0, 0.05) is 19.1 Å². The number of fused-ring (bicyclic) bond motifs is 1. The molecule has 0 saturated carbocycles. The molecule has 9 nitrogen and oxygen atoms in total. The van der Waals surface area contributed by atoms with E-state index in [-0.39, 0.29) is 19.1 Å². The maximum atomic E-state index is 12.9. The molecular weight excluding hydrogens is 410 g/mol. The summed E-state index contributed by atoms with van der Waals surface area (Å²) in [6, 6.07) is 5.74. The van der Waals surface area contributed by atoms with Crippen LogP contribution < -0.4 is 4.74 Å². The van der Waals surface area contributed by atoms with E-state index in [1.807, 2.05) is 0 Å². The molecule has 0 aromatic heterocycles. The Hall–Kier alpha value is -2.65. The van der Waals surface area contributed by atoms with Gasteiger partial charge in [0.1, 0.15) is 18.5 Å². The number of halogens is 1. The molecule has 0 radical (unpaired) electrons. The van der Waals surface area contributed by atoms with Gasteiger partial charge in [0.05, 0.1) is 19.6 Å². The van der Waals surface area contributed by atoms with Crippen LogP contribution in [0.2, 0.25) is 5.02 Å². The van der Waals surface area contributed by atoms with E-state index in [1.165, 1.54) is 11.9 Å². The van der Waals surface area contributed by atoms with Gasteiger partial charge in [-0.1, -0.05) is 16.6 Å². The van der Waals surface area contributed by atoms with Crippen LogP contribution in [0, 0.1) is 0 Å². The first-order valence-electron chi connectivity index (χ1n) is 9.95. The highest BCUT2D eigenvalue weighted by Crippen LogP contribution is 2.24. The molecule has 2 saturated heterocycles. The first-order valence-corrected chi connectivity index (χ1v) is 10.3. The normalized spacial score (nSPS) is 22.6. The zero-order valence-corrected chi connectivity index (χ0v) is 17.7. The highest BCUT2D eigenvalue weighted by Gasteiger charge is 2.55. The Morgan fingerprint density at radius 3 is 2.53 bits per heavy atom. The molecule has 3 aliphatic rings. The van der Waals surface area contributed by atoms with Crippen molar-refractivity contribution in [3.63, 3.8) is 0 Å². The second-order valence-electron chi connectivity index (χ2n) is 7.68. The van der Waals surface area contributed by atoms with Gasteiger partial charge in [0.25, 0.3) is 5.91 Å². The van der Waals surface area contributed by atoms with Crippen LogP contribution in [-0.2, 0) is 4.79 Å². The van der Waals surface area contributed by atoms with Crippen LogP contribution in [0.5, 0.6) is 5.75 Å². The second kappa shape index (κ2) is 8.23. The van der Waals surface area contributed by atoms with E-state index >= 15 is 0 Å². The van der Waals surface area contributed by atoms with Gasteiger partial charge >= 0.3 is 12.0 Å². The van der Waals surface area contributed by atoms with Crippen molar-refractivity contribution in [2.45, 2.75) is 25.0 Å². The largest absolute Gasteiger partial charge is 0.491 e. The number of amidine groups is 1. The van der Waals surface area contributed by atoms with Gasteiger partial charge in [0.2, 0.25) is 11.9 Å². The molecule has 30 heavy (non-hydrogen) atoms. The summed E-state index contributed by atoms with van der Waals surface area (Å²) in [7, 11) is 3.08. The molecule has 2 fully saturated rings. The molecule has 0 aliphatic carbocycles. The standard InChI is InChI=1S/C20H25ClN5O4/c1-23-17-16(18(28)24(2)20(23)29)26(19(22-17)25-9-3-4-10-25)11-14(27)12-30-15-7-5-13(21)6-8-15/h5-8,14,16,27H,3-4,9-12H2,1-2H3/q+1. The summed E-state index contributed by atoms with van der Waals surface area (Å²) in [5.41, 5.74) is 0. The summed E-state index contributed by atoms with van der Waals surface area (Å²) in [6.07, 6.45) is 1.21. The van der Waals surface area contributed by atoms with Crippen molar-refractivity contribution in [1.82, 2.24) is 14.7 Å². The number of β-amino-alcohol motifs (C(OH)–C–C–N with tert-alkyl or cyclic N) is 1. The highest BCUT2D eigenvalue weighted by molar-refractivity contribution is 6.30. The van der Waals surface area contributed by atoms with Gasteiger partial charge in [-0.25, -0.2) is 9.69 Å². The first kappa shape index (κ1) is 20.6. The molecule has 10 heteroatoms. The van der Waals surface area contributed by atoms with Crippen molar-refractivity contribution < 1.29 is 24.0 Å². The van der Waals surface area contributed by atoms with Crippen LogP contribution in [0.1, 0.15) is 12.8 Å². The van der Waals surface area contributed by atoms with E-state index in [9.17, 15) is 14.7 Å². The molecule has 1 aromatic carbocycles. The predicted molar refractivity (Wildman–Crippen MR) is 111 cm³/mol. The van der Waals surface area contributed by atoms with E-state index in [2.05, 4.69) is 9.57 Å². The van der Waals surface area contributed by atoms with Crippen molar-refractivity contribution >= 4 is 35.3 Å². The number of rotatable bonds is 5. The van der Waals surface area contributed by atoms with Crippen LogP contribution in [0.4, 0.5) is 4.79 Å². The monoisotopic (exact) mass is 434 g/mol. The maximum absolute atomic E-state index is 12.9. The number of urea groups is 1. The molecule has 4 rings (SSSR count). The Bertz CT molecular complexity index is 908. The van der Waals surface area contributed by atoms with Crippen molar-refractivity contribution in [3.8, 4) is 5.75 Å². The summed E-state index contributed by atoms with van der Waals surface area (Å²) < 4.78 is 7.76. The zero-order valence-electron chi connectivity index (χ0n) is 17.0. The summed E-state index contributed by atoms with van der Waals surface area (Å²) in [4.78, 5) is 34.2. The minimum Gasteiger partial charge on any atom is -0.491 e. The smallest absolute Gasteiger partial charge is 0.392 e. The molecule has 3 heterocycles. The number of aliphatic hydroxyl groups is 1. The molecule has 3 aliphatic heterocycles. The molecule has 2 atom stereocenters. The fourth-order valence-electron chi connectivity index (χ4n) is 3.95. The molecule has 0 spiro atoms. The number of carbonyl (C=O) groups excluding carboxylic acids is 2. The lowest BCUT2D eigenvalue weighted by molar-refractivity contribution is -0.511. The third-order valence-corrected chi connectivity index (χ3v) is 5.81. The molecule has 1 aromatic rings. The Balaban J connectivity index is 1.55. The van der Waals surface area contributed by atoms with Gasteiger partial charge in [-0.05, 0) is 37.1 Å². The number of likely N-dealkylation sites (N-methyl/N-ethyl adjacent to an activating group) is 2. The predicted octanol–water partition coefficient (Wildman–Crippen LogP) is 0.849. The van der Waals surface area contributed by atoms with Gasteiger partial charge < -0.3 is 9.84 Å². The molecule has 1 N–H and O–H groups in total. The van der Waals surface area contributed by atoms with Crippen molar-refractivity contribution in [2.75, 3.05) is 40.3 Å². The molecular formula is C20H25ClN5O4+. The van der Waals surface area contributed by atoms with Crippen LogP contribution in [0.3, 0.4) is 0 Å². The number of ether oxygens (including phenoxy) is 1. The van der Waals surface area contributed by atoms with E-state index in [0.717, 1.165) is 30.8 Å². The van der Waals surface area contributed by atoms with Crippen LogP contribution in [0.25, 0.3) is 0 Å². The van der Waals surface area contributed by atoms with Gasteiger partial charge in [-0.3, -0.25) is 19.2 Å². The molecule has 160 valence electrons. The number of hydrogen-bond donors (Lipinski definition) is 1. The Morgan fingerprint density at radius 1 is 1.20 bits per heavy atom. The van der Waals surface area contributed by atoms with Crippen LogP contribution in [-0.4, -0.2) is 101 Å². The number of aliphatic hydroxyl groups excluding tert-OH is 1. The highest BCUT2D eigenvalue weighted by atomic mass is 35.5. The maximum Gasteiger partial charge on any atom is 0.392 e. The Labute approximate surface area is 179 Å². The third-order valence-electron chi connectivity index (χ3n) is 5.56. The number of nitrogens with zero attached hydrogens (tertiary/aromatic N) is 5. The summed E-state index contributed by atoms with van der Waals surface area (Å²) >= 11 is 5.88. The second-order valence-corrected chi connectivity index (χ2v) is 8.11. The molecule has 0 bridgehead atoms. The van der Waals surface area contributed by atoms with E-state index < -0.39 is 18.2 Å². The Kier molecular flexibility index (Phi) is 5.66. The zero-order chi connectivity index (χ0) is 21.4. The van der Waals surface area contributed by atoms with Gasteiger partial charge in [0.15, 0.2) is 0 Å². The summed E-state index contributed by atoms with van der Waals surface area (Å²) in [5, 5.41) is 11.3. The lowest BCUT2D eigenvalue weighted by Crippen LogP contribution is -2.63. The fraction of sp³-hybridized carbons (Fsp3) is 0.500. The topological polar surface area (TPSA) is 88.7 Å². The number of guanidine groups is 1. The first-order chi connectivity index (χ1) is 14.4. The van der Waals surface area contributed by atoms with Crippen molar-refractivity contribution in [3.05, 3.63) is 29.3 Å². The number of amides is 3.